The smallest absolute Gasteiger partial charge is 0.203 e. The summed E-state index contributed by atoms with van der Waals surface area (Å²) in [5.41, 5.74) is 3.04. The molecule has 1 aliphatic heterocycles. The van der Waals surface area contributed by atoms with Gasteiger partial charge < -0.3 is 14.2 Å². The summed E-state index contributed by atoms with van der Waals surface area (Å²) in [4.78, 5) is 8.60. The molecule has 1 aromatic carbocycles. The van der Waals surface area contributed by atoms with Gasteiger partial charge in [0.1, 0.15) is 24.3 Å². The van der Waals surface area contributed by atoms with E-state index in [0.29, 0.717) is 41.0 Å². The van der Waals surface area contributed by atoms with E-state index in [9.17, 15) is 5.26 Å². The topological polar surface area (TPSA) is 77.3 Å². The summed E-state index contributed by atoms with van der Waals surface area (Å²) in [5, 5.41) is 12.2. The summed E-state index contributed by atoms with van der Waals surface area (Å²) in [5.74, 6) is 1.78. The van der Waals surface area contributed by atoms with Gasteiger partial charge in [0.25, 0.3) is 0 Å². The van der Waals surface area contributed by atoms with Crippen LogP contribution in [0.5, 0.6) is 17.2 Å². The summed E-state index contributed by atoms with van der Waals surface area (Å²) < 4.78 is 16.7. The van der Waals surface area contributed by atoms with Gasteiger partial charge in [0.05, 0.1) is 18.4 Å². The van der Waals surface area contributed by atoms with Crippen molar-refractivity contribution in [3.05, 3.63) is 52.6 Å². The number of methoxy groups -OCH3 is 1. The Labute approximate surface area is 160 Å². The van der Waals surface area contributed by atoms with Crippen molar-refractivity contribution in [1.29, 1.82) is 5.26 Å². The molecule has 0 spiro atoms. The predicted molar refractivity (Wildman–Crippen MR) is 103 cm³/mol. The summed E-state index contributed by atoms with van der Waals surface area (Å²) in [6, 6.07) is 9.67. The lowest BCUT2D eigenvalue weighted by molar-refractivity contribution is 0.165. The normalized spacial score (nSPS) is 13.1. The second kappa shape index (κ2) is 7.48. The highest BCUT2D eigenvalue weighted by Crippen LogP contribution is 2.41. The quantitative estimate of drug-likeness (QED) is 0.639. The number of hydrogen-bond acceptors (Lipinski definition) is 7. The number of fused-ring (bicyclic) bond motifs is 1. The maximum Gasteiger partial charge on any atom is 0.203 e. The van der Waals surface area contributed by atoms with Crippen LogP contribution in [0.15, 0.2) is 42.0 Å². The first-order chi connectivity index (χ1) is 13.3. The average molecular weight is 377 g/mol. The molecule has 0 N–H and O–H groups in total. The van der Waals surface area contributed by atoms with Crippen LogP contribution in [0.4, 0.5) is 0 Å². The van der Waals surface area contributed by atoms with Crippen LogP contribution >= 0.6 is 11.3 Å². The Morgan fingerprint density at radius 1 is 1.26 bits per heavy atom. The Morgan fingerprint density at radius 2 is 2.07 bits per heavy atom. The molecule has 0 aliphatic carbocycles. The summed E-state index contributed by atoms with van der Waals surface area (Å²) >= 11 is 1.43. The minimum absolute atomic E-state index is 0.471. The molecule has 7 heteroatoms. The van der Waals surface area contributed by atoms with Crippen LogP contribution in [0, 0.1) is 11.3 Å². The van der Waals surface area contributed by atoms with Gasteiger partial charge in [0.2, 0.25) is 5.75 Å². The zero-order valence-electron chi connectivity index (χ0n) is 14.5. The molecule has 0 saturated carbocycles. The van der Waals surface area contributed by atoms with E-state index in [1.807, 2.05) is 29.6 Å². The van der Waals surface area contributed by atoms with Crippen LogP contribution in [-0.4, -0.2) is 30.3 Å². The lowest BCUT2D eigenvalue weighted by Gasteiger charge is -2.21. The fraction of sp³-hybridized carbons (Fsp3) is 0.150. The highest BCUT2D eigenvalue weighted by Gasteiger charge is 2.18. The van der Waals surface area contributed by atoms with E-state index in [2.05, 4.69) is 16.0 Å². The Morgan fingerprint density at radius 3 is 2.85 bits per heavy atom. The van der Waals surface area contributed by atoms with E-state index in [1.54, 1.807) is 25.6 Å². The van der Waals surface area contributed by atoms with E-state index in [4.69, 9.17) is 14.2 Å². The molecule has 0 radical (unpaired) electrons. The molecule has 0 saturated heterocycles. The number of benzene rings is 1. The second-order valence-corrected chi connectivity index (χ2v) is 6.55. The Bertz CT molecular complexity index is 1020. The molecule has 0 amide bonds. The van der Waals surface area contributed by atoms with E-state index in [1.165, 1.54) is 11.3 Å². The minimum atomic E-state index is 0.471. The molecule has 27 heavy (non-hydrogen) atoms. The predicted octanol–water partition coefficient (Wildman–Crippen LogP) is 4.05. The second-order valence-electron chi connectivity index (χ2n) is 5.69. The number of ether oxygens (including phenoxy) is 3. The van der Waals surface area contributed by atoms with Gasteiger partial charge >= 0.3 is 0 Å². The van der Waals surface area contributed by atoms with Crippen LogP contribution in [0.2, 0.25) is 0 Å². The average Bonchev–Trinajstić information content (AvgIpc) is 3.22. The molecule has 3 aromatic rings. The van der Waals surface area contributed by atoms with Crippen molar-refractivity contribution >= 4 is 23.0 Å². The Kier molecular flexibility index (Phi) is 4.73. The fourth-order valence-electron chi connectivity index (χ4n) is 2.74. The van der Waals surface area contributed by atoms with Crippen molar-refractivity contribution in [3.63, 3.8) is 0 Å². The van der Waals surface area contributed by atoms with Crippen LogP contribution < -0.4 is 14.2 Å². The lowest BCUT2D eigenvalue weighted by Crippen LogP contribution is -2.16. The lowest BCUT2D eigenvalue weighted by atomic mass is 10.1. The molecular formula is C20H15N3O3S. The highest BCUT2D eigenvalue weighted by molar-refractivity contribution is 7.11. The van der Waals surface area contributed by atoms with Gasteiger partial charge in [-0.05, 0) is 35.9 Å². The number of pyridine rings is 1. The van der Waals surface area contributed by atoms with Crippen molar-refractivity contribution in [1.82, 2.24) is 9.97 Å². The van der Waals surface area contributed by atoms with E-state index in [0.717, 1.165) is 16.8 Å². The molecule has 134 valence electrons. The number of nitriles is 1. The molecule has 0 bridgehead atoms. The number of thiazole rings is 1. The minimum Gasteiger partial charge on any atom is -0.493 e. The van der Waals surface area contributed by atoms with Crippen molar-refractivity contribution < 1.29 is 14.2 Å². The van der Waals surface area contributed by atoms with Crippen molar-refractivity contribution in [2.45, 2.75) is 0 Å². The maximum absolute atomic E-state index is 9.64. The summed E-state index contributed by atoms with van der Waals surface area (Å²) in [6.07, 6.45) is 5.21. The molecule has 0 atom stereocenters. The molecule has 6 nitrogen and oxygen atoms in total. The highest BCUT2D eigenvalue weighted by atomic mass is 32.1. The molecule has 2 aromatic heterocycles. The van der Waals surface area contributed by atoms with Gasteiger partial charge in [-0.2, -0.15) is 5.26 Å². The van der Waals surface area contributed by atoms with Gasteiger partial charge in [0, 0.05) is 23.3 Å². The third-order valence-corrected chi connectivity index (χ3v) is 4.87. The van der Waals surface area contributed by atoms with Gasteiger partial charge in [-0.1, -0.05) is 0 Å². The van der Waals surface area contributed by atoms with E-state index < -0.39 is 0 Å². The molecule has 0 unspecified atom stereocenters. The van der Waals surface area contributed by atoms with Crippen molar-refractivity contribution in [2.75, 3.05) is 20.3 Å². The van der Waals surface area contributed by atoms with Crippen molar-refractivity contribution in [2.24, 2.45) is 0 Å². The first kappa shape index (κ1) is 17.1. The van der Waals surface area contributed by atoms with Gasteiger partial charge in [-0.15, -0.1) is 11.3 Å². The fourth-order valence-corrected chi connectivity index (χ4v) is 3.53. The maximum atomic E-state index is 9.64. The standard InChI is InChI=1S/C20H15N3O3S/c1-24-17-9-13(10-18-19(17)26-7-6-25-18)8-15(11-21)20-23-16(12-27-20)14-2-4-22-5-3-14/h2-5,8-10,12H,6-7H2,1H3/b15-8+. The van der Waals surface area contributed by atoms with E-state index in [-0.39, 0.29) is 0 Å². The van der Waals surface area contributed by atoms with E-state index >= 15 is 0 Å². The van der Waals surface area contributed by atoms with Gasteiger partial charge in [-0.3, -0.25) is 4.98 Å². The van der Waals surface area contributed by atoms with Crippen LogP contribution in [0.1, 0.15) is 10.6 Å². The van der Waals surface area contributed by atoms with Crippen LogP contribution in [0.3, 0.4) is 0 Å². The zero-order chi connectivity index (χ0) is 18.6. The summed E-state index contributed by atoms with van der Waals surface area (Å²) in [7, 11) is 1.58. The Hall–Kier alpha value is -3.37. The molecule has 3 heterocycles. The summed E-state index contributed by atoms with van der Waals surface area (Å²) in [6.45, 7) is 0.967. The SMILES string of the molecule is COc1cc(/C=C(\C#N)c2nc(-c3ccncc3)cs2)cc2c1OCCO2. The largest absolute Gasteiger partial charge is 0.493 e. The van der Waals surface area contributed by atoms with Gasteiger partial charge in [-0.25, -0.2) is 4.98 Å². The molecule has 0 fully saturated rings. The monoisotopic (exact) mass is 377 g/mol. The number of rotatable bonds is 4. The van der Waals surface area contributed by atoms with Crippen LogP contribution in [-0.2, 0) is 0 Å². The first-order valence-corrected chi connectivity index (χ1v) is 9.12. The molecule has 1 aliphatic rings. The number of aromatic nitrogens is 2. The number of allylic oxidation sites excluding steroid dienone is 1. The van der Waals surface area contributed by atoms with Crippen LogP contribution in [0.25, 0.3) is 22.9 Å². The zero-order valence-corrected chi connectivity index (χ0v) is 15.3. The third kappa shape index (κ3) is 3.48. The first-order valence-electron chi connectivity index (χ1n) is 8.24. The molecule has 4 rings (SSSR count). The van der Waals surface area contributed by atoms with Gasteiger partial charge in [0.15, 0.2) is 11.5 Å². The Balaban J connectivity index is 1.70. The third-order valence-electron chi connectivity index (χ3n) is 3.99. The molecular weight excluding hydrogens is 362 g/mol. The number of nitrogens with zero attached hydrogens (tertiary/aromatic N) is 3. The number of hydrogen-bond donors (Lipinski definition) is 0. The van der Waals surface area contributed by atoms with Crippen molar-refractivity contribution in [3.8, 4) is 34.6 Å².